The average Bonchev–Trinajstić information content (AvgIpc) is 3.58. The molecule has 0 radical (unpaired) electrons. The van der Waals surface area contributed by atoms with Crippen LogP contribution in [0, 0.1) is 16.7 Å². The second-order valence-corrected chi connectivity index (χ2v) is 21.5. The number of aliphatic carboxylic acids is 1. The monoisotopic (exact) mass is 1080 g/mol. The minimum absolute atomic E-state index is 0.00916. The van der Waals surface area contributed by atoms with Crippen molar-refractivity contribution in [2.75, 3.05) is 18.6 Å². The van der Waals surface area contributed by atoms with Crippen LogP contribution >= 0.6 is 11.8 Å². The lowest BCUT2D eigenvalue weighted by Crippen LogP contribution is -2.82. The highest BCUT2D eigenvalue weighted by Crippen LogP contribution is 2.64. The summed E-state index contributed by atoms with van der Waals surface area (Å²) in [5.74, 6) is -10.4. The molecule has 1 saturated heterocycles. The largest absolute Gasteiger partial charge is 0.481 e. The SMILES string of the molecule is CSCC[C@H](NC(=O)CCC(=O)O)C(=O)O[C@@H](C(=O)O[C@H]1C[C@@]2(O)[C@@H](OC(=O)c3ccccc3)[C@@H]3[C@]4(OC(C)=O)CO[C@@H]4C[C@H](O)[C@@]3(C)C(=O)[C@H](OC(C)=O)C(=C1C)C2(C)C)[C@@H](NC(=O)c1ccccc1)c1ccccc1. The van der Waals surface area contributed by atoms with E-state index in [0.29, 0.717) is 0 Å². The number of fused-ring (bicyclic) bond motifs is 5. The number of hydrogen-bond acceptors (Lipinski definition) is 18. The van der Waals surface area contributed by atoms with Crippen molar-refractivity contribution < 1.29 is 86.9 Å². The van der Waals surface area contributed by atoms with Gasteiger partial charge < -0.3 is 54.4 Å². The minimum Gasteiger partial charge on any atom is -0.481 e. The van der Waals surface area contributed by atoms with Crippen molar-refractivity contribution in [1.82, 2.24) is 10.6 Å². The first-order chi connectivity index (χ1) is 36.4. The summed E-state index contributed by atoms with van der Waals surface area (Å²) >= 11 is 1.32. The van der Waals surface area contributed by atoms with Crippen LogP contribution in [0.15, 0.2) is 102 Å². The van der Waals surface area contributed by atoms with Crippen LogP contribution in [-0.2, 0) is 62.0 Å². The van der Waals surface area contributed by atoms with E-state index in [2.05, 4.69) is 10.6 Å². The van der Waals surface area contributed by atoms with Gasteiger partial charge in [-0.15, -0.1) is 0 Å². The zero-order chi connectivity index (χ0) is 56.2. The van der Waals surface area contributed by atoms with Gasteiger partial charge in [0, 0.05) is 44.1 Å². The molecule has 3 aliphatic carbocycles. The molecule has 3 aromatic carbocycles. The standard InChI is InChI=1S/C56H64N2O18S/c1-30-37(73-52(69)45(74-51(68)36(25-26-77-7)57-40(62)23-24-41(63)64)43(33-17-11-8-12-18-33)58-49(66)34-19-13-9-14-20-34)28-56(70)48(75-50(67)35-21-15-10-16-22-35)46-54(6,38(61)27-39-55(46,29-71-39)76-32(3)60)47(65)44(72-31(2)59)42(30)53(56,4)5/h8-22,36-39,43-46,48,61,70H,23-29H2,1-7H3,(H,57,62)(H,58,66)(H,63,64)/t36-,37-,38-,39+,43-,44+,45+,46-,48-,54+,55-,56+/m0/s1. The van der Waals surface area contributed by atoms with Crippen molar-refractivity contribution in [3.8, 4) is 0 Å². The Kier molecular flexibility index (Phi) is 17.5. The summed E-state index contributed by atoms with van der Waals surface area (Å²) in [5, 5.41) is 40.9. The number of carboxylic acids is 1. The van der Waals surface area contributed by atoms with Crippen LogP contribution in [0.2, 0.25) is 0 Å². The van der Waals surface area contributed by atoms with E-state index in [-0.39, 0.29) is 53.0 Å². The van der Waals surface area contributed by atoms with E-state index in [0.717, 1.165) is 13.8 Å². The Morgan fingerprint density at radius 2 is 1.42 bits per heavy atom. The predicted octanol–water partition coefficient (Wildman–Crippen LogP) is 4.39. The molecule has 5 N–H and O–H groups in total. The Hall–Kier alpha value is -6.94. The Morgan fingerprint density at radius 3 is 1.97 bits per heavy atom. The summed E-state index contributed by atoms with van der Waals surface area (Å²) in [5.41, 5.74) is -8.00. The molecule has 0 unspecified atom stereocenters. The number of benzene rings is 3. The van der Waals surface area contributed by atoms with Crippen LogP contribution in [0.25, 0.3) is 0 Å². The molecule has 0 spiro atoms. The average molecular weight is 1090 g/mol. The molecule has 2 saturated carbocycles. The summed E-state index contributed by atoms with van der Waals surface area (Å²) in [6.07, 6.45) is -10.7. The van der Waals surface area contributed by atoms with Gasteiger partial charge in [0.05, 0.1) is 36.0 Å². The van der Waals surface area contributed by atoms with E-state index in [1.165, 1.54) is 63.7 Å². The molecule has 3 aromatic rings. The van der Waals surface area contributed by atoms with Crippen molar-refractivity contribution in [3.63, 3.8) is 0 Å². The third-order valence-corrected chi connectivity index (χ3v) is 16.1. The fourth-order valence-electron chi connectivity index (χ4n) is 11.5. The molecule has 2 amide bonds. The second kappa shape index (κ2) is 23.3. The number of nitrogens with one attached hydrogen (secondary N) is 2. The molecule has 0 aromatic heterocycles. The lowest BCUT2D eigenvalue weighted by Gasteiger charge is -2.67. The smallest absolute Gasteiger partial charge is 0.350 e. The first-order valence-electron chi connectivity index (χ1n) is 25.1. The van der Waals surface area contributed by atoms with Crippen LogP contribution in [0.4, 0.5) is 0 Å². The Labute approximate surface area is 448 Å². The van der Waals surface area contributed by atoms with E-state index in [4.69, 9.17) is 28.4 Å². The van der Waals surface area contributed by atoms with Crippen molar-refractivity contribution in [2.24, 2.45) is 16.7 Å². The molecule has 1 aliphatic heterocycles. The highest BCUT2D eigenvalue weighted by Gasteiger charge is 2.78. The predicted molar refractivity (Wildman–Crippen MR) is 273 cm³/mol. The molecule has 77 heavy (non-hydrogen) atoms. The molecule has 7 rings (SSSR count). The number of amides is 2. The summed E-state index contributed by atoms with van der Waals surface area (Å²) in [6.45, 7) is 7.65. The fourth-order valence-corrected chi connectivity index (χ4v) is 11.9. The first kappa shape index (κ1) is 57.8. The summed E-state index contributed by atoms with van der Waals surface area (Å²) in [6, 6.07) is 20.6. The third-order valence-electron chi connectivity index (χ3n) is 15.5. The van der Waals surface area contributed by atoms with Crippen LogP contribution < -0.4 is 10.6 Å². The van der Waals surface area contributed by atoms with E-state index < -0.39 is 149 Å². The van der Waals surface area contributed by atoms with Gasteiger partial charge in [-0.3, -0.25) is 28.8 Å². The van der Waals surface area contributed by atoms with Crippen LogP contribution in [0.1, 0.15) is 106 Å². The molecular formula is C56H64N2O18S. The van der Waals surface area contributed by atoms with Crippen LogP contribution in [0.5, 0.6) is 0 Å². The van der Waals surface area contributed by atoms with Crippen molar-refractivity contribution in [1.29, 1.82) is 0 Å². The van der Waals surface area contributed by atoms with Crippen molar-refractivity contribution >= 4 is 65.2 Å². The molecule has 3 fully saturated rings. The van der Waals surface area contributed by atoms with Crippen molar-refractivity contribution in [2.45, 2.75) is 134 Å². The number of aliphatic hydroxyl groups excluding tert-OH is 1. The molecule has 412 valence electrons. The maximum Gasteiger partial charge on any atom is 0.350 e. The van der Waals surface area contributed by atoms with E-state index in [1.807, 2.05) is 0 Å². The summed E-state index contributed by atoms with van der Waals surface area (Å²) in [4.78, 5) is 125. The van der Waals surface area contributed by atoms with Gasteiger partial charge in [-0.25, -0.2) is 14.4 Å². The number of ether oxygens (including phenoxy) is 6. The van der Waals surface area contributed by atoms with Gasteiger partial charge in [0.25, 0.3) is 5.91 Å². The molecule has 2 bridgehead atoms. The number of ketones is 1. The van der Waals surface area contributed by atoms with Crippen LogP contribution in [0.3, 0.4) is 0 Å². The Bertz CT molecular complexity index is 2790. The van der Waals surface area contributed by atoms with Crippen molar-refractivity contribution in [3.05, 3.63) is 119 Å². The van der Waals surface area contributed by atoms with E-state index in [1.54, 1.807) is 73.0 Å². The summed E-state index contributed by atoms with van der Waals surface area (Å²) < 4.78 is 37.0. The van der Waals surface area contributed by atoms with Gasteiger partial charge in [-0.05, 0) is 73.3 Å². The minimum atomic E-state index is -2.54. The summed E-state index contributed by atoms with van der Waals surface area (Å²) in [7, 11) is 0. The maximum absolute atomic E-state index is 15.8. The Balaban J connectivity index is 1.42. The molecule has 20 nitrogen and oxygen atoms in total. The number of hydrogen-bond donors (Lipinski definition) is 5. The second-order valence-electron chi connectivity index (χ2n) is 20.6. The number of esters is 5. The van der Waals surface area contributed by atoms with Gasteiger partial charge in [0.1, 0.15) is 36.0 Å². The molecule has 21 heteroatoms. The number of rotatable bonds is 19. The number of carbonyl (C=O) groups excluding carboxylic acids is 8. The lowest BCUT2D eigenvalue weighted by atomic mass is 9.44. The Morgan fingerprint density at radius 1 is 0.805 bits per heavy atom. The van der Waals surface area contributed by atoms with Crippen LogP contribution in [-0.4, -0.2) is 141 Å². The van der Waals surface area contributed by atoms with E-state index in [9.17, 15) is 48.9 Å². The zero-order valence-corrected chi connectivity index (χ0v) is 44.5. The van der Waals surface area contributed by atoms with E-state index >= 15 is 9.59 Å². The number of carboxylic acid groups (broad SMARTS) is 1. The number of aliphatic hydroxyl groups is 2. The lowest BCUT2D eigenvalue weighted by molar-refractivity contribution is -0.346. The topological polar surface area (TPSA) is 294 Å². The molecule has 1 heterocycles. The fraction of sp³-hybridized carbons (Fsp3) is 0.482. The molecule has 4 aliphatic rings. The van der Waals surface area contributed by atoms with Gasteiger partial charge in [-0.2, -0.15) is 11.8 Å². The highest BCUT2D eigenvalue weighted by molar-refractivity contribution is 7.98. The highest BCUT2D eigenvalue weighted by atomic mass is 32.2. The van der Waals surface area contributed by atoms with Gasteiger partial charge in [0.15, 0.2) is 17.5 Å². The zero-order valence-electron chi connectivity index (χ0n) is 43.7. The van der Waals surface area contributed by atoms with Gasteiger partial charge in [-0.1, -0.05) is 80.6 Å². The quantitative estimate of drug-likeness (QED) is 0.0632. The number of carbonyl (C=O) groups is 9. The third kappa shape index (κ3) is 11.4. The molecule has 12 atom stereocenters. The number of Topliss-reactive ketones (excluding diaryl/α,β-unsaturated/α-hetero) is 1. The maximum atomic E-state index is 15.8. The number of thioether (sulfide) groups is 1. The van der Waals surface area contributed by atoms with Gasteiger partial charge in [0.2, 0.25) is 12.0 Å². The normalized spacial score (nSPS) is 28.1. The molecular weight excluding hydrogens is 1020 g/mol. The first-order valence-corrected chi connectivity index (χ1v) is 26.5. The van der Waals surface area contributed by atoms with Gasteiger partial charge >= 0.3 is 35.8 Å².